The van der Waals surface area contributed by atoms with Crippen molar-refractivity contribution in [2.75, 3.05) is 23.9 Å². The Bertz CT molecular complexity index is 355. The molecule has 1 aromatic heterocycles. The van der Waals surface area contributed by atoms with Gasteiger partial charge in [-0.25, -0.2) is 4.98 Å². The molecular formula is C13H21BrN2O. The molecule has 0 saturated heterocycles. The molecule has 0 radical (unpaired) electrons. The lowest BCUT2D eigenvalue weighted by atomic mass is 10.1. The molecule has 1 heterocycles. The Kier molecular flexibility index (Phi) is 5.25. The minimum Gasteiger partial charge on any atom is -0.490 e. The van der Waals surface area contributed by atoms with Crippen LogP contribution in [-0.4, -0.2) is 29.5 Å². The summed E-state index contributed by atoms with van der Waals surface area (Å²) in [5, 5.41) is 0.875. The zero-order valence-electron chi connectivity index (χ0n) is 11.0. The van der Waals surface area contributed by atoms with Gasteiger partial charge in [0.1, 0.15) is 0 Å². The van der Waals surface area contributed by atoms with Crippen molar-refractivity contribution in [3.05, 3.63) is 18.3 Å². The Labute approximate surface area is 112 Å². The van der Waals surface area contributed by atoms with Gasteiger partial charge >= 0.3 is 0 Å². The normalized spacial score (nSPS) is 11.4. The monoisotopic (exact) mass is 300 g/mol. The number of pyridine rings is 1. The molecule has 0 fully saturated rings. The number of hydrogen-bond donors (Lipinski definition) is 0. The van der Waals surface area contributed by atoms with Gasteiger partial charge < -0.3 is 9.64 Å². The van der Waals surface area contributed by atoms with Crippen LogP contribution < -0.4 is 9.64 Å². The summed E-state index contributed by atoms with van der Waals surface area (Å²) in [5.74, 6) is 1.75. The zero-order valence-corrected chi connectivity index (χ0v) is 12.6. The Morgan fingerprint density at radius 3 is 2.76 bits per heavy atom. The van der Waals surface area contributed by atoms with Crippen LogP contribution in [0, 0.1) is 0 Å². The Balaban J connectivity index is 2.96. The second-order valence-corrected chi connectivity index (χ2v) is 5.24. The van der Waals surface area contributed by atoms with Gasteiger partial charge in [0, 0.05) is 24.1 Å². The van der Waals surface area contributed by atoms with Gasteiger partial charge in [0.05, 0.1) is 6.61 Å². The number of rotatable bonds is 6. The van der Waals surface area contributed by atoms with E-state index in [0.717, 1.165) is 29.9 Å². The highest BCUT2D eigenvalue weighted by atomic mass is 79.9. The average Bonchev–Trinajstić information content (AvgIpc) is 2.35. The summed E-state index contributed by atoms with van der Waals surface area (Å²) in [7, 11) is 2.04. The van der Waals surface area contributed by atoms with E-state index in [0.29, 0.717) is 0 Å². The lowest BCUT2D eigenvalue weighted by molar-refractivity contribution is 0.315. The SMILES string of the molecule is CCCOc1cccnc1N(C)C(C)(C)CBr. The van der Waals surface area contributed by atoms with Gasteiger partial charge in [-0.15, -0.1) is 0 Å². The minimum atomic E-state index is -0.00131. The van der Waals surface area contributed by atoms with Crippen LogP contribution in [0.5, 0.6) is 5.75 Å². The van der Waals surface area contributed by atoms with Crippen molar-refractivity contribution in [1.29, 1.82) is 0 Å². The highest BCUT2D eigenvalue weighted by molar-refractivity contribution is 9.09. The third-order valence-corrected chi connectivity index (χ3v) is 4.14. The van der Waals surface area contributed by atoms with Crippen molar-refractivity contribution < 1.29 is 4.74 Å². The van der Waals surface area contributed by atoms with Crippen LogP contribution in [0.15, 0.2) is 18.3 Å². The Hall–Kier alpha value is -0.770. The molecule has 0 aliphatic heterocycles. The van der Waals surface area contributed by atoms with E-state index in [-0.39, 0.29) is 5.54 Å². The third kappa shape index (κ3) is 3.60. The molecule has 4 heteroatoms. The summed E-state index contributed by atoms with van der Waals surface area (Å²) in [5.41, 5.74) is -0.00131. The smallest absolute Gasteiger partial charge is 0.171 e. The van der Waals surface area contributed by atoms with E-state index < -0.39 is 0 Å². The van der Waals surface area contributed by atoms with E-state index in [2.05, 4.69) is 46.6 Å². The van der Waals surface area contributed by atoms with Gasteiger partial charge in [0.15, 0.2) is 11.6 Å². The third-order valence-electron chi connectivity index (χ3n) is 2.77. The van der Waals surface area contributed by atoms with E-state index in [1.807, 2.05) is 19.2 Å². The van der Waals surface area contributed by atoms with Crippen LogP contribution in [0.1, 0.15) is 27.2 Å². The van der Waals surface area contributed by atoms with Crippen molar-refractivity contribution in [3.63, 3.8) is 0 Å². The lowest BCUT2D eigenvalue weighted by Gasteiger charge is -2.35. The highest BCUT2D eigenvalue weighted by Gasteiger charge is 2.25. The zero-order chi connectivity index (χ0) is 12.9. The average molecular weight is 301 g/mol. The van der Waals surface area contributed by atoms with E-state index >= 15 is 0 Å². The standard InChI is InChI=1S/C13H21BrN2O/c1-5-9-17-11-7-6-8-15-12(11)16(4)13(2,3)10-14/h6-8H,5,9-10H2,1-4H3. The molecule has 1 aromatic rings. The fourth-order valence-electron chi connectivity index (χ4n) is 1.34. The molecule has 0 aromatic carbocycles. The van der Waals surface area contributed by atoms with Gasteiger partial charge in [0.2, 0.25) is 0 Å². The molecule has 0 spiro atoms. The van der Waals surface area contributed by atoms with Gasteiger partial charge in [-0.2, -0.15) is 0 Å². The highest BCUT2D eigenvalue weighted by Crippen LogP contribution is 2.30. The summed E-state index contributed by atoms with van der Waals surface area (Å²) >= 11 is 3.54. The molecule has 0 N–H and O–H groups in total. The Morgan fingerprint density at radius 1 is 1.47 bits per heavy atom. The topological polar surface area (TPSA) is 25.4 Å². The maximum atomic E-state index is 5.73. The number of halogens is 1. The van der Waals surface area contributed by atoms with Crippen molar-refractivity contribution in [3.8, 4) is 5.75 Å². The number of alkyl halides is 1. The maximum absolute atomic E-state index is 5.73. The predicted octanol–water partition coefficient (Wildman–Crippen LogP) is 3.48. The number of ether oxygens (including phenoxy) is 1. The van der Waals surface area contributed by atoms with Crippen LogP contribution in [0.25, 0.3) is 0 Å². The van der Waals surface area contributed by atoms with Crippen molar-refractivity contribution in [2.24, 2.45) is 0 Å². The van der Waals surface area contributed by atoms with Crippen LogP contribution in [0.4, 0.5) is 5.82 Å². The first-order chi connectivity index (χ1) is 8.03. The summed E-state index contributed by atoms with van der Waals surface area (Å²) in [6.07, 6.45) is 2.80. The maximum Gasteiger partial charge on any atom is 0.171 e. The summed E-state index contributed by atoms with van der Waals surface area (Å²) in [6.45, 7) is 7.16. The van der Waals surface area contributed by atoms with E-state index in [1.165, 1.54) is 0 Å². The van der Waals surface area contributed by atoms with Gasteiger partial charge in [-0.05, 0) is 32.4 Å². The first-order valence-corrected chi connectivity index (χ1v) is 7.02. The first-order valence-electron chi connectivity index (χ1n) is 5.90. The molecule has 0 unspecified atom stereocenters. The van der Waals surface area contributed by atoms with Gasteiger partial charge in [0.25, 0.3) is 0 Å². The molecule has 0 aliphatic carbocycles. The van der Waals surface area contributed by atoms with E-state index in [9.17, 15) is 0 Å². The van der Waals surface area contributed by atoms with Crippen LogP contribution in [-0.2, 0) is 0 Å². The van der Waals surface area contributed by atoms with Crippen molar-refractivity contribution in [2.45, 2.75) is 32.7 Å². The summed E-state index contributed by atoms with van der Waals surface area (Å²) in [6, 6.07) is 3.88. The molecule has 0 atom stereocenters. The first kappa shape index (κ1) is 14.3. The lowest BCUT2D eigenvalue weighted by Crippen LogP contribution is -2.43. The quantitative estimate of drug-likeness (QED) is 0.752. The van der Waals surface area contributed by atoms with Gasteiger partial charge in [-0.3, -0.25) is 0 Å². The summed E-state index contributed by atoms with van der Waals surface area (Å²) < 4.78 is 5.73. The molecule has 0 aliphatic rings. The molecule has 3 nitrogen and oxygen atoms in total. The predicted molar refractivity (Wildman–Crippen MR) is 76.3 cm³/mol. The Morgan fingerprint density at radius 2 is 2.18 bits per heavy atom. The molecule has 0 saturated carbocycles. The van der Waals surface area contributed by atoms with Gasteiger partial charge in [-0.1, -0.05) is 22.9 Å². The fraction of sp³-hybridized carbons (Fsp3) is 0.615. The van der Waals surface area contributed by atoms with Crippen molar-refractivity contribution in [1.82, 2.24) is 4.98 Å². The summed E-state index contributed by atoms with van der Waals surface area (Å²) in [4.78, 5) is 6.57. The number of hydrogen-bond acceptors (Lipinski definition) is 3. The molecule has 0 amide bonds. The molecule has 0 bridgehead atoms. The number of aromatic nitrogens is 1. The van der Waals surface area contributed by atoms with E-state index in [4.69, 9.17) is 4.74 Å². The second kappa shape index (κ2) is 6.24. The molecule has 96 valence electrons. The van der Waals surface area contributed by atoms with Crippen LogP contribution in [0.3, 0.4) is 0 Å². The fourth-order valence-corrected chi connectivity index (χ4v) is 1.71. The van der Waals surface area contributed by atoms with Crippen LogP contribution in [0.2, 0.25) is 0 Å². The minimum absolute atomic E-state index is 0.00131. The number of anilines is 1. The molecular weight excluding hydrogens is 280 g/mol. The number of nitrogens with zero attached hydrogens (tertiary/aromatic N) is 2. The largest absolute Gasteiger partial charge is 0.490 e. The molecule has 17 heavy (non-hydrogen) atoms. The van der Waals surface area contributed by atoms with E-state index in [1.54, 1.807) is 6.20 Å². The van der Waals surface area contributed by atoms with Crippen LogP contribution >= 0.6 is 15.9 Å². The van der Waals surface area contributed by atoms with Crippen molar-refractivity contribution >= 4 is 21.7 Å². The molecule has 1 rings (SSSR count). The second-order valence-electron chi connectivity index (χ2n) is 4.68.